The van der Waals surface area contributed by atoms with Crippen LogP contribution in [-0.2, 0) is 0 Å². The number of hydrogen-bond donors (Lipinski definition) is 1. The highest BCUT2D eigenvalue weighted by Gasteiger charge is 2.33. The fourth-order valence-electron chi connectivity index (χ4n) is 2.10. The summed E-state index contributed by atoms with van der Waals surface area (Å²) in [5.41, 5.74) is 0.564. The van der Waals surface area contributed by atoms with Crippen molar-refractivity contribution in [2.24, 2.45) is 0 Å². The Morgan fingerprint density at radius 3 is 2.50 bits per heavy atom. The molecule has 1 aromatic heterocycles. The van der Waals surface area contributed by atoms with Crippen LogP contribution in [-0.4, -0.2) is 50.0 Å². The second-order valence-corrected chi connectivity index (χ2v) is 4.62. The molecule has 1 aromatic carbocycles. The number of amides is 1. The highest BCUT2D eigenvalue weighted by Crippen LogP contribution is 2.22. The van der Waals surface area contributed by atoms with Crippen LogP contribution in [0.3, 0.4) is 0 Å². The highest BCUT2D eigenvalue weighted by molar-refractivity contribution is 5.94. The molecular weight excluding hydrogens is 260 g/mol. The van der Waals surface area contributed by atoms with Crippen molar-refractivity contribution >= 4 is 11.9 Å². The molecule has 0 saturated carbocycles. The number of rotatable bonds is 3. The summed E-state index contributed by atoms with van der Waals surface area (Å²) in [6, 6.07) is 9.03. The Bertz CT molecular complexity index is 647. The molecule has 2 heterocycles. The molecule has 0 atom stereocenters. The fraction of sp³-hybridized carbons (Fsp3) is 0.231. The van der Waals surface area contributed by atoms with Crippen LogP contribution < -0.4 is 0 Å². The van der Waals surface area contributed by atoms with Gasteiger partial charge in [0.1, 0.15) is 0 Å². The summed E-state index contributed by atoms with van der Waals surface area (Å²) in [5.74, 6) is -1.13. The number of carbonyl (C=O) groups excluding carboxylic acids is 1. The maximum Gasteiger partial charge on any atom is 0.358 e. The van der Waals surface area contributed by atoms with Gasteiger partial charge in [-0.05, 0) is 12.1 Å². The van der Waals surface area contributed by atoms with Gasteiger partial charge < -0.3 is 10.0 Å². The molecule has 1 N–H and O–H groups in total. The van der Waals surface area contributed by atoms with E-state index in [1.165, 1.54) is 10.9 Å². The van der Waals surface area contributed by atoms with Gasteiger partial charge in [0, 0.05) is 18.7 Å². The molecule has 2 aromatic rings. The molecule has 1 fully saturated rings. The van der Waals surface area contributed by atoms with Crippen LogP contribution in [0.2, 0.25) is 0 Å². The van der Waals surface area contributed by atoms with Crippen molar-refractivity contribution < 1.29 is 14.7 Å². The summed E-state index contributed by atoms with van der Waals surface area (Å²) in [7, 11) is 0. The normalized spacial score (nSPS) is 14.9. The van der Waals surface area contributed by atoms with Crippen LogP contribution in [0.4, 0.5) is 0 Å². The largest absolute Gasteiger partial charge is 0.476 e. The molecule has 0 aliphatic carbocycles. The van der Waals surface area contributed by atoms with Gasteiger partial charge in [-0.15, -0.1) is 5.10 Å². The van der Waals surface area contributed by atoms with Gasteiger partial charge >= 0.3 is 5.97 Å². The number of carbonyl (C=O) groups is 2. The van der Waals surface area contributed by atoms with E-state index in [4.69, 9.17) is 5.11 Å². The molecule has 0 spiro atoms. The number of carboxylic acid groups (broad SMARTS) is 1. The highest BCUT2D eigenvalue weighted by atomic mass is 16.4. The maximum absolute atomic E-state index is 12.1. The molecule has 102 valence electrons. The second-order valence-electron chi connectivity index (χ2n) is 4.62. The number of likely N-dealkylation sites (tertiary alicyclic amines) is 1. The molecule has 0 radical (unpaired) electrons. The van der Waals surface area contributed by atoms with E-state index in [1.54, 1.807) is 17.0 Å². The van der Waals surface area contributed by atoms with Crippen LogP contribution >= 0.6 is 0 Å². The number of carboxylic acids is 1. The van der Waals surface area contributed by atoms with Crippen LogP contribution in [0, 0.1) is 0 Å². The average Bonchev–Trinajstić information content (AvgIpc) is 2.87. The smallest absolute Gasteiger partial charge is 0.358 e. The van der Waals surface area contributed by atoms with E-state index in [-0.39, 0.29) is 17.6 Å². The summed E-state index contributed by atoms with van der Waals surface area (Å²) < 4.78 is 1.50. The summed E-state index contributed by atoms with van der Waals surface area (Å²) in [5, 5.41) is 16.1. The Kier molecular flexibility index (Phi) is 2.94. The SMILES string of the molecule is O=C(O)c1cn(C2CN(C(=O)c3ccccc3)C2)nn1. The van der Waals surface area contributed by atoms with Gasteiger partial charge in [-0.1, -0.05) is 23.4 Å². The van der Waals surface area contributed by atoms with Crippen LogP contribution in [0.5, 0.6) is 0 Å². The second kappa shape index (κ2) is 4.76. The lowest BCUT2D eigenvalue weighted by atomic mass is 10.1. The predicted molar refractivity (Wildman–Crippen MR) is 68.4 cm³/mol. The molecule has 0 unspecified atom stereocenters. The van der Waals surface area contributed by atoms with Crippen LogP contribution in [0.15, 0.2) is 36.5 Å². The van der Waals surface area contributed by atoms with Crippen molar-refractivity contribution in [1.29, 1.82) is 0 Å². The first-order chi connectivity index (χ1) is 9.65. The molecule has 1 saturated heterocycles. The van der Waals surface area contributed by atoms with Gasteiger partial charge in [0.05, 0.1) is 12.2 Å². The Balaban J connectivity index is 1.63. The minimum Gasteiger partial charge on any atom is -0.476 e. The fourth-order valence-corrected chi connectivity index (χ4v) is 2.10. The van der Waals surface area contributed by atoms with E-state index in [0.717, 1.165) is 0 Å². The van der Waals surface area contributed by atoms with Crippen molar-refractivity contribution in [2.45, 2.75) is 6.04 Å². The predicted octanol–water partition coefficient (Wildman–Crippen LogP) is 0.673. The summed E-state index contributed by atoms with van der Waals surface area (Å²) in [6.07, 6.45) is 1.39. The molecule has 0 bridgehead atoms. The standard InChI is InChI=1S/C13H12N4O3/c18-12(9-4-2-1-3-5-9)16-6-10(7-16)17-8-11(13(19)20)14-15-17/h1-5,8,10H,6-7H2,(H,19,20). The van der Waals surface area contributed by atoms with E-state index < -0.39 is 5.97 Å². The quantitative estimate of drug-likeness (QED) is 0.887. The first-order valence-electron chi connectivity index (χ1n) is 6.14. The Morgan fingerprint density at radius 2 is 1.90 bits per heavy atom. The van der Waals surface area contributed by atoms with Gasteiger partial charge in [-0.3, -0.25) is 4.79 Å². The third-order valence-corrected chi connectivity index (χ3v) is 3.27. The molecule has 7 heteroatoms. The number of aromatic carboxylic acids is 1. The zero-order valence-electron chi connectivity index (χ0n) is 10.5. The van der Waals surface area contributed by atoms with Crippen molar-refractivity contribution in [3.63, 3.8) is 0 Å². The van der Waals surface area contributed by atoms with Gasteiger partial charge in [-0.25, -0.2) is 9.48 Å². The number of benzene rings is 1. The first kappa shape index (κ1) is 12.3. The van der Waals surface area contributed by atoms with Gasteiger partial charge in [0.2, 0.25) is 0 Å². The maximum atomic E-state index is 12.1. The van der Waals surface area contributed by atoms with E-state index in [1.807, 2.05) is 18.2 Å². The Labute approximate surface area is 114 Å². The van der Waals surface area contributed by atoms with Gasteiger partial charge in [-0.2, -0.15) is 0 Å². The zero-order chi connectivity index (χ0) is 14.1. The lowest BCUT2D eigenvalue weighted by molar-refractivity contribution is 0.0497. The summed E-state index contributed by atoms with van der Waals surface area (Å²) in [6.45, 7) is 1.02. The lowest BCUT2D eigenvalue weighted by Gasteiger charge is -2.38. The van der Waals surface area contributed by atoms with Crippen molar-refractivity contribution in [1.82, 2.24) is 19.9 Å². The number of nitrogens with zero attached hydrogens (tertiary/aromatic N) is 4. The van der Waals surface area contributed by atoms with E-state index in [0.29, 0.717) is 18.7 Å². The molecule has 1 aliphatic heterocycles. The number of hydrogen-bond acceptors (Lipinski definition) is 4. The van der Waals surface area contributed by atoms with Crippen LogP contribution in [0.25, 0.3) is 0 Å². The van der Waals surface area contributed by atoms with Gasteiger partial charge in [0.25, 0.3) is 5.91 Å². The van der Waals surface area contributed by atoms with E-state index in [9.17, 15) is 9.59 Å². The summed E-state index contributed by atoms with van der Waals surface area (Å²) in [4.78, 5) is 24.5. The molecule has 7 nitrogen and oxygen atoms in total. The monoisotopic (exact) mass is 272 g/mol. The number of aromatic nitrogens is 3. The minimum atomic E-state index is -1.10. The zero-order valence-corrected chi connectivity index (χ0v) is 10.5. The lowest BCUT2D eigenvalue weighted by Crippen LogP contribution is -2.50. The molecule has 20 heavy (non-hydrogen) atoms. The minimum absolute atomic E-state index is 0.0109. The molecular formula is C13H12N4O3. The summed E-state index contributed by atoms with van der Waals surface area (Å²) >= 11 is 0. The average molecular weight is 272 g/mol. The van der Waals surface area contributed by atoms with E-state index in [2.05, 4.69) is 10.3 Å². The molecule has 3 rings (SSSR count). The third kappa shape index (κ3) is 2.13. The Morgan fingerprint density at radius 1 is 1.20 bits per heavy atom. The van der Waals surface area contributed by atoms with E-state index >= 15 is 0 Å². The first-order valence-corrected chi connectivity index (χ1v) is 6.14. The van der Waals surface area contributed by atoms with Gasteiger partial charge in [0.15, 0.2) is 5.69 Å². The topological polar surface area (TPSA) is 88.3 Å². The third-order valence-electron chi connectivity index (χ3n) is 3.27. The van der Waals surface area contributed by atoms with Crippen molar-refractivity contribution in [3.05, 3.63) is 47.8 Å². The molecule has 1 amide bonds. The Hall–Kier alpha value is -2.70. The van der Waals surface area contributed by atoms with Crippen LogP contribution in [0.1, 0.15) is 26.9 Å². The molecule has 1 aliphatic rings. The van der Waals surface area contributed by atoms with Crippen molar-refractivity contribution in [2.75, 3.05) is 13.1 Å². The van der Waals surface area contributed by atoms with Crippen molar-refractivity contribution in [3.8, 4) is 0 Å².